The molecule has 1 saturated heterocycles. The second kappa shape index (κ2) is 13.7. The number of hydrogen-bond acceptors (Lipinski definition) is 6. The number of unbranched alkanes of at least 4 members (excludes halogenated alkanes) is 1. The van der Waals surface area contributed by atoms with E-state index < -0.39 is 10.1 Å². The van der Waals surface area contributed by atoms with E-state index in [-0.39, 0.29) is 29.6 Å². The molecule has 0 saturated carbocycles. The van der Waals surface area contributed by atoms with Crippen molar-refractivity contribution in [2.45, 2.75) is 69.2 Å². The highest BCUT2D eigenvalue weighted by molar-refractivity contribution is 7.86. The molecule has 0 aliphatic carbocycles. The number of aryl methyl sites for hydroxylation is 1. The van der Waals surface area contributed by atoms with Crippen molar-refractivity contribution in [1.29, 1.82) is 0 Å². The number of carbonyl (C=O) groups is 1. The van der Waals surface area contributed by atoms with Gasteiger partial charge in [-0.15, -0.1) is 0 Å². The number of rotatable bonds is 13. The van der Waals surface area contributed by atoms with Crippen molar-refractivity contribution in [2.75, 3.05) is 13.7 Å². The fourth-order valence-corrected chi connectivity index (χ4v) is 5.77. The van der Waals surface area contributed by atoms with E-state index in [1.165, 1.54) is 0 Å². The van der Waals surface area contributed by atoms with Crippen molar-refractivity contribution < 1.29 is 26.9 Å². The molecule has 3 aromatic carbocycles. The number of benzene rings is 3. The van der Waals surface area contributed by atoms with E-state index >= 15 is 0 Å². The lowest BCUT2D eigenvalue weighted by atomic mass is 9.93. The maximum atomic E-state index is 13.1. The molecule has 0 radical (unpaired) electrons. The molecule has 1 aliphatic heterocycles. The van der Waals surface area contributed by atoms with Gasteiger partial charge in [-0.25, -0.2) is 0 Å². The molecule has 2 atom stereocenters. The highest BCUT2D eigenvalue weighted by Gasteiger charge is 2.36. The van der Waals surface area contributed by atoms with Gasteiger partial charge >= 0.3 is 0 Å². The largest absolute Gasteiger partial charge is 0.497 e. The Morgan fingerprint density at radius 3 is 2.31 bits per heavy atom. The Hall–Kier alpha value is -3.20. The van der Waals surface area contributed by atoms with Crippen LogP contribution in [0.1, 0.15) is 48.8 Å². The topological polar surface area (TPSA) is 82.1 Å². The van der Waals surface area contributed by atoms with Gasteiger partial charge < -0.3 is 14.4 Å². The third kappa shape index (κ3) is 8.14. The summed E-state index contributed by atoms with van der Waals surface area (Å²) in [4.78, 5) is 15.2. The zero-order valence-electron chi connectivity index (χ0n) is 22.6. The van der Waals surface area contributed by atoms with E-state index in [0.29, 0.717) is 45.3 Å². The predicted octanol–water partition coefficient (Wildman–Crippen LogP) is 5.66. The maximum absolute atomic E-state index is 13.1. The normalized spacial score (nSPS) is 17.8. The quantitative estimate of drug-likeness (QED) is 0.202. The van der Waals surface area contributed by atoms with Gasteiger partial charge in [0, 0.05) is 13.0 Å². The first-order valence-corrected chi connectivity index (χ1v) is 14.8. The minimum Gasteiger partial charge on any atom is -0.497 e. The molecular weight excluding hydrogens is 514 g/mol. The fourth-order valence-electron chi connectivity index (χ4n) is 4.83. The Labute approximate surface area is 231 Å². The molecule has 39 heavy (non-hydrogen) atoms. The molecular formula is C31H37NO6S. The standard InChI is InChI=1S/C31H37NO6S/c1-24-11-17-28(18-12-24)39(34,35)38-21-7-6-10-29-30(37-23-26-8-4-3-5-9-26)19-20-31(33)32(29)22-25-13-15-27(36-2)16-14-25/h3-5,8-9,11-18,29-30H,6-7,10,19-23H2,1-2H3/t29-,30+/m1/s1. The minimum atomic E-state index is -3.80. The van der Waals surface area contributed by atoms with Gasteiger partial charge in [0.2, 0.25) is 5.91 Å². The van der Waals surface area contributed by atoms with Crippen molar-refractivity contribution >= 4 is 16.0 Å². The van der Waals surface area contributed by atoms with Crippen LogP contribution in [0, 0.1) is 6.92 Å². The SMILES string of the molecule is COc1ccc(CN2C(=O)CC[C@H](OCc3ccccc3)[C@H]2CCCCOS(=O)(=O)c2ccc(C)cc2)cc1. The summed E-state index contributed by atoms with van der Waals surface area (Å²) in [6, 6.07) is 24.3. The molecule has 8 heteroatoms. The molecule has 0 spiro atoms. The first-order valence-electron chi connectivity index (χ1n) is 13.4. The molecule has 3 aromatic rings. The third-order valence-corrected chi connectivity index (χ3v) is 8.38. The Morgan fingerprint density at radius 1 is 0.897 bits per heavy atom. The summed E-state index contributed by atoms with van der Waals surface area (Å²) in [5.74, 6) is 0.874. The van der Waals surface area contributed by atoms with Crippen LogP contribution >= 0.6 is 0 Å². The summed E-state index contributed by atoms with van der Waals surface area (Å²) in [7, 11) is -2.17. The molecule has 208 valence electrons. The van der Waals surface area contributed by atoms with Crippen LogP contribution < -0.4 is 4.74 Å². The number of carbonyl (C=O) groups excluding carboxylic acids is 1. The van der Waals surface area contributed by atoms with Crippen LogP contribution in [0.5, 0.6) is 5.75 Å². The van der Waals surface area contributed by atoms with Crippen LogP contribution in [0.25, 0.3) is 0 Å². The lowest BCUT2D eigenvalue weighted by Gasteiger charge is -2.41. The fraction of sp³-hybridized carbons (Fsp3) is 0.387. The first-order chi connectivity index (χ1) is 18.9. The zero-order chi connectivity index (χ0) is 27.7. The van der Waals surface area contributed by atoms with E-state index in [1.54, 1.807) is 31.4 Å². The molecule has 1 heterocycles. The molecule has 1 fully saturated rings. The second-order valence-corrected chi connectivity index (χ2v) is 11.5. The molecule has 0 unspecified atom stereocenters. The summed E-state index contributed by atoms with van der Waals surface area (Å²) >= 11 is 0. The Balaban J connectivity index is 1.40. The van der Waals surface area contributed by atoms with Gasteiger partial charge in [-0.3, -0.25) is 8.98 Å². The Bertz CT molecular complexity index is 1290. The Kier molecular flexibility index (Phi) is 10.1. The van der Waals surface area contributed by atoms with E-state index in [4.69, 9.17) is 13.7 Å². The molecule has 1 amide bonds. The molecule has 4 rings (SSSR count). The highest BCUT2D eigenvalue weighted by Crippen LogP contribution is 2.29. The van der Waals surface area contributed by atoms with Gasteiger partial charge in [-0.2, -0.15) is 8.42 Å². The number of ether oxygens (including phenoxy) is 2. The average Bonchev–Trinajstić information content (AvgIpc) is 2.95. The second-order valence-electron chi connectivity index (χ2n) is 9.90. The maximum Gasteiger partial charge on any atom is 0.296 e. The summed E-state index contributed by atoms with van der Waals surface area (Å²) in [6.07, 6.45) is 2.93. The Morgan fingerprint density at radius 2 is 1.62 bits per heavy atom. The van der Waals surface area contributed by atoms with E-state index in [9.17, 15) is 13.2 Å². The molecule has 1 aliphatic rings. The van der Waals surface area contributed by atoms with E-state index in [0.717, 1.165) is 22.4 Å². The highest BCUT2D eigenvalue weighted by atomic mass is 32.2. The van der Waals surface area contributed by atoms with Gasteiger partial charge in [-0.1, -0.05) is 60.2 Å². The van der Waals surface area contributed by atoms with Crippen LogP contribution in [0.15, 0.2) is 83.8 Å². The van der Waals surface area contributed by atoms with Crippen molar-refractivity contribution in [3.8, 4) is 5.75 Å². The van der Waals surface area contributed by atoms with Crippen LogP contribution in [-0.2, 0) is 37.0 Å². The summed E-state index contributed by atoms with van der Waals surface area (Å²) in [5.41, 5.74) is 3.09. The zero-order valence-corrected chi connectivity index (χ0v) is 23.4. The van der Waals surface area contributed by atoms with Crippen molar-refractivity contribution in [2.24, 2.45) is 0 Å². The number of piperidine rings is 1. The lowest BCUT2D eigenvalue weighted by Crippen LogP contribution is -2.51. The van der Waals surface area contributed by atoms with Crippen molar-refractivity contribution in [3.63, 3.8) is 0 Å². The molecule has 7 nitrogen and oxygen atoms in total. The average molecular weight is 552 g/mol. The van der Waals surface area contributed by atoms with Gasteiger partial charge in [0.05, 0.1) is 37.4 Å². The first kappa shape index (κ1) is 28.8. The summed E-state index contributed by atoms with van der Waals surface area (Å²) in [5, 5.41) is 0. The smallest absolute Gasteiger partial charge is 0.296 e. The van der Waals surface area contributed by atoms with E-state index in [1.807, 2.05) is 66.4 Å². The van der Waals surface area contributed by atoms with Gasteiger partial charge in [-0.05, 0) is 68.0 Å². The number of likely N-dealkylation sites (tertiary alicyclic amines) is 1. The van der Waals surface area contributed by atoms with Crippen LogP contribution in [-0.4, -0.2) is 45.1 Å². The number of amides is 1. The van der Waals surface area contributed by atoms with Crippen molar-refractivity contribution in [1.82, 2.24) is 4.90 Å². The molecule has 0 bridgehead atoms. The van der Waals surface area contributed by atoms with Crippen LogP contribution in [0.3, 0.4) is 0 Å². The lowest BCUT2D eigenvalue weighted by molar-refractivity contribution is -0.147. The number of nitrogens with zero attached hydrogens (tertiary/aromatic N) is 1. The summed E-state index contributed by atoms with van der Waals surface area (Å²) < 4.78 is 42.0. The third-order valence-electron chi connectivity index (χ3n) is 7.05. The van der Waals surface area contributed by atoms with Crippen molar-refractivity contribution in [3.05, 3.63) is 95.6 Å². The minimum absolute atomic E-state index is 0.0882. The number of hydrogen-bond donors (Lipinski definition) is 0. The summed E-state index contributed by atoms with van der Waals surface area (Å²) in [6.45, 7) is 2.95. The van der Waals surface area contributed by atoms with Crippen LogP contribution in [0.4, 0.5) is 0 Å². The van der Waals surface area contributed by atoms with Gasteiger partial charge in [0.15, 0.2) is 0 Å². The predicted molar refractivity (Wildman–Crippen MR) is 150 cm³/mol. The monoisotopic (exact) mass is 551 g/mol. The number of methoxy groups -OCH3 is 1. The van der Waals surface area contributed by atoms with E-state index in [2.05, 4.69) is 0 Å². The molecule has 0 aromatic heterocycles. The van der Waals surface area contributed by atoms with Gasteiger partial charge in [0.1, 0.15) is 5.75 Å². The molecule has 0 N–H and O–H groups in total. The van der Waals surface area contributed by atoms with Crippen LogP contribution in [0.2, 0.25) is 0 Å². The van der Waals surface area contributed by atoms with Gasteiger partial charge in [0.25, 0.3) is 10.1 Å².